The minimum absolute atomic E-state index is 0.240. The van der Waals surface area contributed by atoms with Gasteiger partial charge in [-0.2, -0.15) is 5.26 Å². The number of nitriles is 1. The number of nitrogens with zero attached hydrogens (tertiary/aromatic N) is 2. The molecule has 0 saturated heterocycles. The van der Waals surface area contributed by atoms with E-state index in [0.717, 1.165) is 10.2 Å². The predicted octanol–water partition coefficient (Wildman–Crippen LogP) is 2.53. The van der Waals surface area contributed by atoms with Crippen LogP contribution in [0.2, 0.25) is 0 Å². The molecule has 2 rings (SSSR count). The number of halogens is 1. The van der Waals surface area contributed by atoms with Crippen molar-refractivity contribution in [3.8, 4) is 11.8 Å². The summed E-state index contributed by atoms with van der Waals surface area (Å²) in [7, 11) is 0. The highest BCUT2D eigenvalue weighted by molar-refractivity contribution is 9.10. The van der Waals surface area contributed by atoms with Gasteiger partial charge in [0.25, 0.3) is 5.56 Å². The maximum absolute atomic E-state index is 11.1. The van der Waals surface area contributed by atoms with E-state index in [2.05, 4.69) is 20.9 Å². The van der Waals surface area contributed by atoms with Crippen molar-refractivity contribution in [3.63, 3.8) is 0 Å². The topological polar surface area (TPSA) is 61.6 Å². The average molecular weight is 308 g/mol. The minimum atomic E-state index is -0.240. The van der Waals surface area contributed by atoms with Crippen LogP contribution in [0.4, 0.5) is 0 Å². The lowest BCUT2D eigenvalue weighted by molar-refractivity contribution is 0.933. The molecule has 1 aromatic carbocycles. The van der Waals surface area contributed by atoms with Gasteiger partial charge in [-0.05, 0) is 46.3 Å². The van der Waals surface area contributed by atoms with Gasteiger partial charge in [-0.15, -0.1) is 0 Å². The second kappa shape index (κ2) is 4.65. The highest BCUT2D eigenvalue weighted by atomic mass is 79.9. The van der Waals surface area contributed by atoms with E-state index in [1.54, 1.807) is 29.0 Å². The molecule has 17 heavy (non-hydrogen) atoms. The zero-order valence-corrected chi connectivity index (χ0v) is 10.9. The first-order valence-corrected chi connectivity index (χ1v) is 5.84. The van der Waals surface area contributed by atoms with Crippen molar-refractivity contribution in [3.05, 3.63) is 55.6 Å². The summed E-state index contributed by atoms with van der Waals surface area (Å²) in [6.07, 6.45) is 1.59. The number of hydrogen-bond acceptors (Lipinski definition) is 3. The molecule has 1 N–H and O–H groups in total. The maximum Gasteiger partial charge on any atom is 0.251 e. The highest BCUT2D eigenvalue weighted by Gasteiger charge is 2.04. The molecule has 0 aliphatic rings. The Bertz CT molecular complexity index is 726. The van der Waals surface area contributed by atoms with E-state index >= 15 is 0 Å². The van der Waals surface area contributed by atoms with Crippen molar-refractivity contribution in [2.45, 2.75) is 0 Å². The van der Waals surface area contributed by atoms with E-state index in [-0.39, 0.29) is 5.56 Å². The van der Waals surface area contributed by atoms with Gasteiger partial charge in [-0.3, -0.25) is 14.3 Å². The molecule has 0 saturated carbocycles. The summed E-state index contributed by atoms with van der Waals surface area (Å²) >= 11 is 8.43. The van der Waals surface area contributed by atoms with Crippen LogP contribution in [0, 0.1) is 16.1 Å². The summed E-state index contributed by atoms with van der Waals surface area (Å²) in [6.45, 7) is 0. The average Bonchev–Trinajstić information content (AvgIpc) is 2.30. The lowest BCUT2D eigenvalue weighted by atomic mass is 10.2. The summed E-state index contributed by atoms with van der Waals surface area (Å²) in [5.41, 5.74) is 1.08. The van der Waals surface area contributed by atoms with Crippen LogP contribution in [-0.4, -0.2) is 9.55 Å². The number of aromatic amines is 1. The monoisotopic (exact) mass is 307 g/mol. The quantitative estimate of drug-likeness (QED) is 0.824. The van der Waals surface area contributed by atoms with Crippen LogP contribution < -0.4 is 5.56 Å². The molecule has 0 radical (unpaired) electrons. The second-order valence-corrected chi connectivity index (χ2v) is 4.50. The molecule has 0 aliphatic carbocycles. The molecule has 0 atom stereocenters. The molecular weight excluding hydrogens is 302 g/mol. The molecule has 0 aliphatic heterocycles. The fraction of sp³-hybridized carbons (Fsp3) is 0. The minimum Gasteiger partial charge on any atom is -0.299 e. The maximum atomic E-state index is 11.1. The molecule has 0 fully saturated rings. The van der Waals surface area contributed by atoms with Crippen LogP contribution >= 0.6 is 28.1 Å². The standard InChI is InChI=1S/C11H6BrN3OS/c12-8-5-7(6-13)1-2-9(8)15-4-3-10(16)14-11(15)17/h1-5H,(H,14,16,17). The van der Waals surface area contributed by atoms with Crippen LogP contribution in [0.1, 0.15) is 5.56 Å². The number of nitrogens with one attached hydrogen (secondary N) is 1. The number of hydrogen-bond donors (Lipinski definition) is 1. The van der Waals surface area contributed by atoms with Crippen molar-refractivity contribution in [1.82, 2.24) is 9.55 Å². The molecule has 4 nitrogen and oxygen atoms in total. The molecule has 0 amide bonds. The molecule has 1 aromatic heterocycles. The van der Waals surface area contributed by atoms with Crippen molar-refractivity contribution in [2.75, 3.05) is 0 Å². The van der Waals surface area contributed by atoms with Gasteiger partial charge in [0.2, 0.25) is 0 Å². The summed E-state index contributed by atoms with van der Waals surface area (Å²) in [5, 5.41) is 8.77. The van der Waals surface area contributed by atoms with Crippen LogP contribution in [0.5, 0.6) is 0 Å². The highest BCUT2D eigenvalue weighted by Crippen LogP contribution is 2.21. The molecule has 2 aromatic rings. The first-order valence-electron chi connectivity index (χ1n) is 4.64. The third kappa shape index (κ3) is 2.35. The molecule has 6 heteroatoms. The summed E-state index contributed by atoms with van der Waals surface area (Å²) in [6, 6.07) is 8.58. The van der Waals surface area contributed by atoms with Crippen LogP contribution in [0.3, 0.4) is 0 Å². The van der Waals surface area contributed by atoms with Crippen LogP contribution in [0.15, 0.2) is 39.7 Å². The van der Waals surface area contributed by atoms with Crippen LogP contribution in [0.25, 0.3) is 5.69 Å². The third-order valence-electron chi connectivity index (χ3n) is 2.16. The Balaban J connectivity index is 2.66. The van der Waals surface area contributed by atoms with E-state index in [1.807, 2.05) is 6.07 Å². The lowest BCUT2D eigenvalue weighted by Crippen LogP contribution is -2.10. The number of H-pyrrole nitrogens is 1. The van der Waals surface area contributed by atoms with Gasteiger partial charge in [0, 0.05) is 16.7 Å². The molecule has 0 spiro atoms. The van der Waals surface area contributed by atoms with Crippen molar-refractivity contribution in [1.29, 1.82) is 5.26 Å². The van der Waals surface area contributed by atoms with Gasteiger partial charge < -0.3 is 0 Å². The zero-order chi connectivity index (χ0) is 12.4. The van der Waals surface area contributed by atoms with Gasteiger partial charge >= 0.3 is 0 Å². The van der Waals surface area contributed by atoms with E-state index in [0.29, 0.717) is 10.3 Å². The molecule has 84 valence electrons. The first-order chi connectivity index (χ1) is 8.11. The Morgan fingerprint density at radius 2 is 2.18 bits per heavy atom. The Morgan fingerprint density at radius 3 is 2.76 bits per heavy atom. The largest absolute Gasteiger partial charge is 0.299 e. The second-order valence-electron chi connectivity index (χ2n) is 3.26. The predicted molar refractivity (Wildman–Crippen MR) is 69.6 cm³/mol. The van der Waals surface area contributed by atoms with Crippen molar-refractivity contribution >= 4 is 28.1 Å². The van der Waals surface area contributed by atoms with Gasteiger partial charge in [0.05, 0.1) is 17.3 Å². The molecule has 1 heterocycles. The summed E-state index contributed by atoms with van der Waals surface area (Å²) < 4.78 is 2.70. The van der Waals surface area contributed by atoms with Gasteiger partial charge in [0.1, 0.15) is 0 Å². The van der Waals surface area contributed by atoms with Gasteiger partial charge in [0.15, 0.2) is 4.77 Å². The van der Waals surface area contributed by atoms with Crippen LogP contribution in [-0.2, 0) is 0 Å². The zero-order valence-electron chi connectivity index (χ0n) is 8.48. The molecule has 0 bridgehead atoms. The fourth-order valence-corrected chi connectivity index (χ4v) is 2.21. The lowest BCUT2D eigenvalue weighted by Gasteiger charge is -2.08. The Kier molecular flexibility index (Phi) is 3.22. The molecular formula is C11H6BrN3OS. The number of rotatable bonds is 1. The van der Waals surface area contributed by atoms with E-state index in [9.17, 15) is 4.79 Å². The Labute approximate surface area is 110 Å². The van der Waals surface area contributed by atoms with E-state index in [4.69, 9.17) is 17.5 Å². The first kappa shape index (κ1) is 11.8. The Hall–Kier alpha value is -1.71. The van der Waals surface area contributed by atoms with E-state index in [1.165, 1.54) is 6.07 Å². The summed E-state index contributed by atoms with van der Waals surface area (Å²) in [5.74, 6) is 0. The van der Waals surface area contributed by atoms with E-state index < -0.39 is 0 Å². The SMILES string of the molecule is N#Cc1ccc(-n2ccc(=O)[nH]c2=S)c(Br)c1. The molecule has 0 unspecified atom stereocenters. The number of aromatic nitrogens is 2. The van der Waals surface area contributed by atoms with Gasteiger partial charge in [-0.25, -0.2) is 0 Å². The smallest absolute Gasteiger partial charge is 0.251 e. The summed E-state index contributed by atoms with van der Waals surface area (Å²) in [4.78, 5) is 13.6. The number of benzene rings is 1. The van der Waals surface area contributed by atoms with Crippen molar-refractivity contribution in [2.24, 2.45) is 0 Å². The third-order valence-corrected chi connectivity index (χ3v) is 3.09. The fourth-order valence-electron chi connectivity index (χ4n) is 1.38. The normalized spacial score (nSPS) is 9.88. The van der Waals surface area contributed by atoms with Crippen molar-refractivity contribution < 1.29 is 0 Å². The Morgan fingerprint density at radius 1 is 1.41 bits per heavy atom. The van der Waals surface area contributed by atoms with Gasteiger partial charge in [-0.1, -0.05) is 0 Å².